The Bertz CT molecular complexity index is 538. The molecule has 23 heavy (non-hydrogen) atoms. The van der Waals surface area contributed by atoms with Gasteiger partial charge in [0.2, 0.25) is 23.7 Å². The minimum atomic E-state index is -0.760. The van der Waals surface area contributed by atoms with Crippen molar-refractivity contribution in [2.24, 2.45) is 21.5 Å². The lowest BCUT2D eigenvalue weighted by Gasteiger charge is -2.33. The Kier molecular flexibility index (Phi) is 5.86. The first kappa shape index (κ1) is 17.1. The van der Waals surface area contributed by atoms with Crippen molar-refractivity contribution in [2.45, 2.75) is 51.7 Å². The van der Waals surface area contributed by atoms with Gasteiger partial charge < -0.3 is 10.6 Å². The Labute approximate surface area is 135 Å². The number of rotatable bonds is 6. The molecule has 8 heteroatoms. The van der Waals surface area contributed by atoms with Crippen molar-refractivity contribution in [2.75, 3.05) is 6.54 Å². The number of imide groups is 1. The number of carbonyl (C=O) groups is 2. The van der Waals surface area contributed by atoms with Crippen LogP contribution in [0.3, 0.4) is 0 Å². The third kappa shape index (κ3) is 4.16. The van der Waals surface area contributed by atoms with Gasteiger partial charge in [-0.05, 0) is 12.8 Å². The smallest absolute Gasteiger partial charge is 0.236 e. The van der Waals surface area contributed by atoms with E-state index in [-0.39, 0.29) is 36.6 Å². The molecule has 0 aromatic carbocycles. The highest BCUT2D eigenvalue weighted by molar-refractivity contribution is 6.18. The third-order valence-electron chi connectivity index (χ3n) is 3.75. The van der Waals surface area contributed by atoms with Crippen molar-refractivity contribution in [3.05, 3.63) is 12.2 Å². The highest BCUT2D eigenvalue weighted by atomic mass is 16.2. The number of carbonyl (C=O) groups excluding carboxylic acids is 2. The van der Waals surface area contributed by atoms with Crippen LogP contribution in [0.5, 0.6) is 0 Å². The van der Waals surface area contributed by atoms with Crippen LogP contribution in [-0.4, -0.2) is 46.4 Å². The number of allylic oxidation sites excluding steroid dienone is 1. The average Bonchev–Trinajstić information content (AvgIpc) is 2.83. The zero-order valence-electron chi connectivity index (χ0n) is 13.4. The van der Waals surface area contributed by atoms with Crippen LogP contribution in [0, 0.1) is 0 Å². The fourth-order valence-corrected chi connectivity index (χ4v) is 2.50. The molecule has 8 nitrogen and oxygen atoms in total. The van der Waals surface area contributed by atoms with Crippen molar-refractivity contribution in [3.8, 4) is 0 Å². The first-order valence-corrected chi connectivity index (χ1v) is 7.99. The summed E-state index contributed by atoms with van der Waals surface area (Å²) in [5.41, 5.74) is 11.6. The summed E-state index contributed by atoms with van der Waals surface area (Å²) in [5, 5.41) is 0. The van der Waals surface area contributed by atoms with Crippen molar-refractivity contribution in [3.63, 3.8) is 0 Å². The van der Waals surface area contributed by atoms with E-state index >= 15 is 0 Å². The van der Waals surface area contributed by atoms with Gasteiger partial charge in [0, 0.05) is 19.4 Å². The highest BCUT2D eigenvalue weighted by Gasteiger charge is 2.38. The van der Waals surface area contributed by atoms with Gasteiger partial charge in [0.15, 0.2) is 6.29 Å². The van der Waals surface area contributed by atoms with Crippen LogP contribution in [0.25, 0.3) is 0 Å². The highest BCUT2D eigenvalue weighted by Crippen LogP contribution is 2.17. The zero-order valence-corrected chi connectivity index (χ0v) is 13.4. The summed E-state index contributed by atoms with van der Waals surface area (Å²) in [6.07, 6.45) is 8.11. The molecule has 0 bridgehead atoms. The van der Waals surface area contributed by atoms with E-state index in [0.29, 0.717) is 6.54 Å². The fraction of sp³-hybridized carbons (Fsp3) is 0.600. The number of aliphatic imine (C=N–C) groups is 2. The molecule has 1 fully saturated rings. The van der Waals surface area contributed by atoms with E-state index in [4.69, 9.17) is 11.5 Å². The molecule has 0 spiro atoms. The lowest BCUT2D eigenvalue weighted by Crippen LogP contribution is -2.56. The molecule has 126 valence electrons. The number of amides is 2. The standard InChI is InChI=1S/C15H24N6O2/c1-2-3-4-5-6-7-10-20-14(17)18-13(16)19-15(20)21-11(22)8-9-12(21)23/h6-7,14H,2-5,8-10,17H2,1H3,(H2,16,18). The topological polar surface area (TPSA) is 117 Å². The fourth-order valence-electron chi connectivity index (χ4n) is 2.50. The maximum absolute atomic E-state index is 11.9. The molecular weight excluding hydrogens is 296 g/mol. The minimum absolute atomic E-state index is 0.0248. The molecule has 2 rings (SSSR count). The van der Waals surface area contributed by atoms with Crippen molar-refractivity contribution in [1.29, 1.82) is 0 Å². The second kappa shape index (κ2) is 7.87. The maximum Gasteiger partial charge on any atom is 0.236 e. The number of nitrogens with two attached hydrogens (primary N) is 2. The number of unbranched alkanes of at least 4 members (excludes halogenated alkanes) is 3. The molecule has 0 saturated carbocycles. The van der Waals surface area contributed by atoms with Gasteiger partial charge in [-0.2, -0.15) is 4.99 Å². The van der Waals surface area contributed by atoms with Crippen LogP contribution in [0.2, 0.25) is 0 Å². The summed E-state index contributed by atoms with van der Waals surface area (Å²) in [7, 11) is 0. The van der Waals surface area contributed by atoms with E-state index in [0.717, 1.165) is 17.7 Å². The molecular formula is C15H24N6O2. The molecule has 0 aromatic rings. The van der Waals surface area contributed by atoms with Crippen LogP contribution in [0.15, 0.2) is 22.1 Å². The van der Waals surface area contributed by atoms with Crippen molar-refractivity contribution in [1.82, 2.24) is 9.80 Å². The summed E-state index contributed by atoms with van der Waals surface area (Å²) in [6, 6.07) is 0. The van der Waals surface area contributed by atoms with Gasteiger partial charge in [-0.1, -0.05) is 31.9 Å². The molecule has 2 aliphatic rings. The lowest BCUT2D eigenvalue weighted by atomic mass is 10.2. The monoisotopic (exact) mass is 320 g/mol. The number of hydrogen-bond acceptors (Lipinski definition) is 7. The Hall–Kier alpha value is -2.22. The lowest BCUT2D eigenvalue weighted by molar-refractivity contribution is -0.134. The Morgan fingerprint density at radius 3 is 2.57 bits per heavy atom. The molecule has 1 saturated heterocycles. The van der Waals surface area contributed by atoms with E-state index in [2.05, 4.69) is 23.0 Å². The molecule has 0 aliphatic carbocycles. The van der Waals surface area contributed by atoms with E-state index < -0.39 is 6.29 Å². The molecule has 2 heterocycles. The predicted molar refractivity (Wildman–Crippen MR) is 88.1 cm³/mol. The van der Waals surface area contributed by atoms with Gasteiger partial charge in [0.25, 0.3) is 0 Å². The van der Waals surface area contributed by atoms with Crippen LogP contribution < -0.4 is 11.5 Å². The van der Waals surface area contributed by atoms with E-state index in [1.165, 1.54) is 12.8 Å². The second-order valence-electron chi connectivity index (χ2n) is 5.56. The Morgan fingerprint density at radius 1 is 1.22 bits per heavy atom. The first-order chi connectivity index (χ1) is 11.0. The van der Waals surface area contributed by atoms with Gasteiger partial charge in [0.05, 0.1) is 0 Å². The Morgan fingerprint density at radius 2 is 1.91 bits per heavy atom. The van der Waals surface area contributed by atoms with E-state index in [1.54, 1.807) is 4.90 Å². The van der Waals surface area contributed by atoms with Crippen LogP contribution in [-0.2, 0) is 9.59 Å². The number of hydrogen-bond donors (Lipinski definition) is 2. The minimum Gasteiger partial charge on any atom is -0.368 e. The van der Waals surface area contributed by atoms with Gasteiger partial charge in [-0.3, -0.25) is 15.3 Å². The zero-order chi connectivity index (χ0) is 16.8. The van der Waals surface area contributed by atoms with Crippen molar-refractivity contribution >= 4 is 23.7 Å². The number of guanidine groups is 2. The largest absolute Gasteiger partial charge is 0.368 e. The van der Waals surface area contributed by atoms with Gasteiger partial charge in [0.1, 0.15) is 0 Å². The number of likely N-dealkylation sites (tertiary alicyclic amines) is 1. The van der Waals surface area contributed by atoms with Gasteiger partial charge >= 0.3 is 0 Å². The average molecular weight is 320 g/mol. The van der Waals surface area contributed by atoms with E-state index in [9.17, 15) is 9.59 Å². The summed E-state index contributed by atoms with van der Waals surface area (Å²) in [6.45, 7) is 2.58. The van der Waals surface area contributed by atoms with Crippen LogP contribution in [0.4, 0.5) is 0 Å². The third-order valence-corrected chi connectivity index (χ3v) is 3.75. The van der Waals surface area contributed by atoms with Crippen LogP contribution >= 0.6 is 0 Å². The molecule has 1 unspecified atom stereocenters. The molecule has 2 aliphatic heterocycles. The Balaban J connectivity index is 2.08. The maximum atomic E-state index is 11.9. The SMILES string of the molecule is CCCCCC=CCN1C(N2C(=O)CCC2=O)=NC(N)=NC1N. The van der Waals surface area contributed by atoms with Gasteiger partial charge in [-0.15, -0.1) is 0 Å². The summed E-state index contributed by atoms with van der Waals surface area (Å²) in [5.74, 6) is -0.418. The normalized spacial score (nSPS) is 22.1. The summed E-state index contributed by atoms with van der Waals surface area (Å²) in [4.78, 5) is 34.6. The molecule has 2 amide bonds. The van der Waals surface area contributed by atoms with Gasteiger partial charge in [-0.25, -0.2) is 9.89 Å². The second-order valence-corrected chi connectivity index (χ2v) is 5.56. The quantitative estimate of drug-likeness (QED) is 0.420. The van der Waals surface area contributed by atoms with Crippen LogP contribution in [0.1, 0.15) is 45.4 Å². The molecule has 4 N–H and O–H groups in total. The molecule has 1 atom stereocenters. The molecule has 0 radical (unpaired) electrons. The van der Waals surface area contributed by atoms with E-state index in [1.807, 2.05) is 6.08 Å². The summed E-state index contributed by atoms with van der Waals surface area (Å²) >= 11 is 0. The summed E-state index contributed by atoms with van der Waals surface area (Å²) < 4.78 is 0. The number of nitrogens with zero attached hydrogens (tertiary/aromatic N) is 4. The first-order valence-electron chi connectivity index (χ1n) is 7.99. The molecule has 0 aromatic heterocycles. The van der Waals surface area contributed by atoms with Crippen molar-refractivity contribution < 1.29 is 9.59 Å². The predicted octanol–water partition coefficient (Wildman–Crippen LogP) is 0.501.